The van der Waals surface area contributed by atoms with E-state index in [1.54, 1.807) is 11.3 Å². The van der Waals surface area contributed by atoms with E-state index >= 15 is 0 Å². The fourth-order valence-corrected chi connectivity index (χ4v) is 2.57. The minimum Gasteiger partial charge on any atom is -0.355 e. The van der Waals surface area contributed by atoms with Gasteiger partial charge in [-0.25, -0.2) is 4.98 Å². The largest absolute Gasteiger partial charge is 0.355 e. The van der Waals surface area contributed by atoms with Crippen molar-refractivity contribution in [3.05, 3.63) is 29.3 Å². The fraction of sp³-hybridized carbons (Fsp3) is 0.385. The van der Waals surface area contributed by atoms with Crippen molar-refractivity contribution in [3.63, 3.8) is 0 Å². The number of fused-ring (bicyclic) bond motifs is 1. The molecule has 2 aromatic rings. The number of halogens is 1. The first-order valence-electron chi connectivity index (χ1n) is 6.03. The van der Waals surface area contributed by atoms with Crippen molar-refractivity contribution < 1.29 is 4.79 Å². The number of para-hydroxylation sites is 1. The molecule has 1 aromatic carbocycles. The van der Waals surface area contributed by atoms with E-state index in [1.807, 2.05) is 25.1 Å². The molecule has 0 fully saturated rings. The van der Waals surface area contributed by atoms with Crippen LogP contribution in [0.25, 0.3) is 10.2 Å². The third kappa shape index (κ3) is 4.16. The van der Waals surface area contributed by atoms with Crippen molar-refractivity contribution in [2.24, 2.45) is 11.7 Å². The van der Waals surface area contributed by atoms with Crippen LogP contribution in [0.5, 0.6) is 0 Å². The van der Waals surface area contributed by atoms with Crippen LogP contribution in [0.4, 0.5) is 0 Å². The first-order valence-corrected chi connectivity index (χ1v) is 6.84. The first-order chi connectivity index (χ1) is 8.70. The van der Waals surface area contributed by atoms with E-state index in [4.69, 9.17) is 5.73 Å². The van der Waals surface area contributed by atoms with Gasteiger partial charge in [-0.05, 0) is 12.1 Å². The van der Waals surface area contributed by atoms with Crippen LogP contribution in [-0.2, 0) is 11.2 Å². The van der Waals surface area contributed by atoms with Gasteiger partial charge < -0.3 is 11.1 Å². The van der Waals surface area contributed by atoms with E-state index < -0.39 is 0 Å². The van der Waals surface area contributed by atoms with Gasteiger partial charge in [-0.15, -0.1) is 23.7 Å². The molecule has 6 heteroatoms. The lowest BCUT2D eigenvalue weighted by Gasteiger charge is -2.08. The van der Waals surface area contributed by atoms with Gasteiger partial charge in [0.1, 0.15) is 0 Å². The zero-order chi connectivity index (χ0) is 13.0. The predicted octanol–water partition coefficient (Wildman–Crippen LogP) is 1.97. The Morgan fingerprint density at radius 3 is 2.89 bits per heavy atom. The molecule has 0 aliphatic rings. The van der Waals surface area contributed by atoms with Gasteiger partial charge in [-0.1, -0.05) is 19.1 Å². The third-order valence-corrected chi connectivity index (χ3v) is 3.87. The van der Waals surface area contributed by atoms with Crippen LogP contribution >= 0.6 is 23.7 Å². The summed E-state index contributed by atoms with van der Waals surface area (Å²) < 4.78 is 1.19. The van der Waals surface area contributed by atoms with Crippen molar-refractivity contribution in [1.82, 2.24) is 10.3 Å². The van der Waals surface area contributed by atoms with Gasteiger partial charge >= 0.3 is 0 Å². The monoisotopic (exact) mass is 299 g/mol. The Morgan fingerprint density at radius 1 is 1.47 bits per heavy atom. The number of aromatic nitrogens is 1. The quantitative estimate of drug-likeness (QED) is 0.887. The number of amides is 1. The van der Waals surface area contributed by atoms with Gasteiger partial charge in [-0.2, -0.15) is 0 Å². The molecule has 3 N–H and O–H groups in total. The lowest BCUT2D eigenvalue weighted by atomic mass is 10.2. The third-order valence-electron chi connectivity index (χ3n) is 2.78. The van der Waals surface area contributed by atoms with Gasteiger partial charge in [0.15, 0.2) is 0 Å². The van der Waals surface area contributed by atoms with Gasteiger partial charge in [0, 0.05) is 25.4 Å². The number of hydrogen-bond donors (Lipinski definition) is 2. The Labute approximate surface area is 122 Å². The Kier molecular flexibility index (Phi) is 6.21. The van der Waals surface area contributed by atoms with Crippen LogP contribution in [0.3, 0.4) is 0 Å². The summed E-state index contributed by atoms with van der Waals surface area (Å²) in [6.45, 7) is 2.82. The average molecular weight is 300 g/mol. The highest BCUT2D eigenvalue weighted by Crippen LogP contribution is 2.21. The van der Waals surface area contributed by atoms with Crippen LogP contribution in [0.15, 0.2) is 24.3 Å². The van der Waals surface area contributed by atoms with Crippen molar-refractivity contribution in [2.45, 2.75) is 13.3 Å². The summed E-state index contributed by atoms with van der Waals surface area (Å²) in [5.74, 6) is -0.112. The van der Waals surface area contributed by atoms with Gasteiger partial charge in [0.2, 0.25) is 5.91 Å². The SMILES string of the molecule is CC(CN)C(=O)NCCc1nc2ccccc2s1.Cl. The van der Waals surface area contributed by atoms with Crippen LogP contribution in [0.1, 0.15) is 11.9 Å². The number of nitrogens with one attached hydrogen (secondary N) is 1. The number of carbonyl (C=O) groups excluding carboxylic acids is 1. The number of hydrogen-bond acceptors (Lipinski definition) is 4. The molecule has 104 valence electrons. The molecule has 4 nitrogen and oxygen atoms in total. The number of nitrogens with two attached hydrogens (primary N) is 1. The van der Waals surface area contributed by atoms with Crippen molar-refractivity contribution in [1.29, 1.82) is 0 Å². The molecule has 0 spiro atoms. The molecule has 0 radical (unpaired) electrons. The summed E-state index contributed by atoms with van der Waals surface area (Å²) in [6.07, 6.45) is 0.766. The van der Waals surface area contributed by atoms with Crippen LogP contribution < -0.4 is 11.1 Å². The lowest BCUT2D eigenvalue weighted by molar-refractivity contribution is -0.124. The van der Waals surface area contributed by atoms with Crippen molar-refractivity contribution in [3.8, 4) is 0 Å². The molecule has 1 aromatic heterocycles. The zero-order valence-corrected chi connectivity index (χ0v) is 12.4. The summed E-state index contributed by atoms with van der Waals surface area (Å²) in [5.41, 5.74) is 6.46. The van der Waals surface area contributed by atoms with Crippen LogP contribution in [0.2, 0.25) is 0 Å². The Bertz CT molecular complexity index is 510. The molecule has 1 heterocycles. The first kappa shape index (κ1) is 15.9. The standard InChI is InChI=1S/C13H17N3OS.ClH/c1-9(8-14)13(17)15-7-6-12-16-10-4-2-3-5-11(10)18-12;/h2-5,9H,6-8,14H2,1H3,(H,15,17);1H. The topological polar surface area (TPSA) is 68.0 Å². The average Bonchev–Trinajstić information content (AvgIpc) is 2.80. The molecule has 19 heavy (non-hydrogen) atoms. The fourth-order valence-electron chi connectivity index (χ4n) is 1.60. The summed E-state index contributed by atoms with van der Waals surface area (Å²) >= 11 is 1.68. The van der Waals surface area contributed by atoms with Crippen molar-refractivity contribution in [2.75, 3.05) is 13.1 Å². The highest BCUT2D eigenvalue weighted by atomic mass is 35.5. The molecule has 0 saturated heterocycles. The smallest absolute Gasteiger partial charge is 0.224 e. The molecule has 0 bridgehead atoms. The second-order valence-electron chi connectivity index (χ2n) is 4.25. The molecule has 0 aliphatic heterocycles. The van der Waals surface area contributed by atoms with E-state index in [-0.39, 0.29) is 24.2 Å². The molecule has 1 atom stereocenters. The molecule has 0 saturated carbocycles. The van der Waals surface area contributed by atoms with Crippen LogP contribution in [-0.4, -0.2) is 24.0 Å². The number of thiazole rings is 1. The molecule has 1 amide bonds. The van der Waals surface area contributed by atoms with E-state index in [2.05, 4.69) is 16.4 Å². The maximum Gasteiger partial charge on any atom is 0.224 e. The van der Waals surface area contributed by atoms with E-state index in [9.17, 15) is 4.79 Å². The minimum absolute atomic E-state index is 0. The highest BCUT2D eigenvalue weighted by molar-refractivity contribution is 7.18. The van der Waals surface area contributed by atoms with E-state index in [1.165, 1.54) is 4.70 Å². The molecule has 0 aliphatic carbocycles. The summed E-state index contributed by atoms with van der Waals surface area (Å²) in [7, 11) is 0. The van der Waals surface area contributed by atoms with Crippen LogP contribution in [0, 0.1) is 5.92 Å². The van der Waals surface area contributed by atoms with Gasteiger partial charge in [0.25, 0.3) is 0 Å². The van der Waals surface area contributed by atoms with Crippen molar-refractivity contribution >= 4 is 39.9 Å². The Morgan fingerprint density at radius 2 is 2.21 bits per heavy atom. The summed E-state index contributed by atoms with van der Waals surface area (Å²) in [5, 5.41) is 3.93. The van der Waals surface area contributed by atoms with Gasteiger partial charge in [0.05, 0.1) is 15.2 Å². The molecular formula is C13H18ClN3OS. The predicted molar refractivity (Wildman–Crippen MR) is 81.8 cm³/mol. The highest BCUT2D eigenvalue weighted by Gasteiger charge is 2.10. The number of benzene rings is 1. The molecular weight excluding hydrogens is 282 g/mol. The summed E-state index contributed by atoms with van der Waals surface area (Å²) in [6, 6.07) is 8.06. The molecule has 1 unspecified atom stereocenters. The van der Waals surface area contributed by atoms with E-state index in [0.29, 0.717) is 13.1 Å². The maximum atomic E-state index is 11.5. The second-order valence-corrected chi connectivity index (χ2v) is 5.37. The zero-order valence-electron chi connectivity index (χ0n) is 10.8. The Balaban J connectivity index is 0.00000180. The number of rotatable bonds is 5. The number of nitrogens with zero attached hydrogens (tertiary/aromatic N) is 1. The molecule has 2 rings (SSSR count). The van der Waals surface area contributed by atoms with Gasteiger partial charge in [-0.3, -0.25) is 4.79 Å². The number of carbonyl (C=O) groups is 1. The summed E-state index contributed by atoms with van der Waals surface area (Å²) in [4.78, 5) is 16.0. The van der Waals surface area contributed by atoms with E-state index in [0.717, 1.165) is 16.9 Å². The Hall–Kier alpha value is -1.17. The minimum atomic E-state index is -0.125. The normalized spacial score (nSPS) is 11.9. The lowest BCUT2D eigenvalue weighted by Crippen LogP contribution is -2.34. The maximum absolute atomic E-state index is 11.5. The second kappa shape index (κ2) is 7.43.